The van der Waals surface area contributed by atoms with Gasteiger partial charge in [0.2, 0.25) is 0 Å². The zero-order chi connectivity index (χ0) is 14.5. The molecule has 1 fully saturated rings. The van der Waals surface area contributed by atoms with Crippen molar-refractivity contribution in [2.75, 3.05) is 6.61 Å². The molecule has 110 valence electrons. The van der Waals surface area contributed by atoms with E-state index in [0.717, 1.165) is 23.8 Å². The average Bonchev–Trinajstić information content (AvgIpc) is 3.07. The first-order valence-electron chi connectivity index (χ1n) is 7.87. The second-order valence-corrected chi connectivity index (χ2v) is 5.89. The number of ether oxygens (including phenoxy) is 1. The topological polar surface area (TPSA) is 35.2 Å². The van der Waals surface area contributed by atoms with E-state index in [1.54, 1.807) is 0 Å². The largest absolute Gasteiger partial charge is 0.493 e. The third-order valence-electron chi connectivity index (χ3n) is 4.34. The molecule has 0 aromatic heterocycles. The summed E-state index contributed by atoms with van der Waals surface area (Å²) in [5, 5.41) is 0. The van der Waals surface area contributed by atoms with Crippen molar-refractivity contribution in [3.8, 4) is 16.9 Å². The minimum Gasteiger partial charge on any atom is -0.493 e. The molecule has 2 nitrogen and oxygen atoms in total. The van der Waals surface area contributed by atoms with Gasteiger partial charge in [-0.15, -0.1) is 0 Å². The lowest BCUT2D eigenvalue weighted by atomic mass is 10.0. The van der Waals surface area contributed by atoms with E-state index in [0.29, 0.717) is 6.54 Å². The van der Waals surface area contributed by atoms with Crippen molar-refractivity contribution in [1.29, 1.82) is 0 Å². The van der Waals surface area contributed by atoms with Gasteiger partial charge >= 0.3 is 0 Å². The lowest BCUT2D eigenvalue weighted by molar-refractivity contribution is 0.252. The first-order chi connectivity index (χ1) is 10.3. The molecule has 1 saturated carbocycles. The predicted octanol–water partition coefficient (Wildman–Crippen LogP) is 4.38. The molecule has 2 heteroatoms. The number of hydrogen-bond donors (Lipinski definition) is 1. The number of benzene rings is 2. The smallest absolute Gasteiger partial charge is 0.119 e. The summed E-state index contributed by atoms with van der Waals surface area (Å²) in [5.74, 6) is 1.73. The molecule has 0 amide bonds. The van der Waals surface area contributed by atoms with Crippen LogP contribution in [-0.2, 0) is 6.54 Å². The van der Waals surface area contributed by atoms with Gasteiger partial charge in [-0.2, -0.15) is 0 Å². The highest BCUT2D eigenvalue weighted by atomic mass is 16.5. The molecule has 0 aliphatic heterocycles. The molecule has 1 aliphatic carbocycles. The Bertz CT molecular complexity index is 553. The van der Waals surface area contributed by atoms with Crippen LogP contribution in [0.5, 0.6) is 5.75 Å². The van der Waals surface area contributed by atoms with E-state index in [1.165, 1.54) is 36.8 Å². The summed E-state index contributed by atoms with van der Waals surface area (Å²) in [6.07, 6.45) is 5.38. The van der Waals surface area contributed by atoms with Gasteiger partial charge in [-0.3, -0.25) is 0 Å². The van der Waals surface area contributed by atoms with Crippen molar-refractivity contribution in [2.24, 2.45) is 11.7 Å². The molecule has 1 aliphatic rings. The van der Waals surface area contributed by atoms with Gasteiger partial charge in [-0.25, -0.2) is 0 Å². The molecule has 0 spiro atoms. The number of hydrogen-bond acceptors (Lipinski definition) is 2. The Labute approximate surface area is 126 Å². The van der Waals surface area contributed by atoms with Gasteiger partial charge < -0.3 is 10.5 Å². The van der Waals surface area contributed by atoms with Gasteiger partial charge in [0.1, 0.15) is 5.75 Å². The molecule has 0 atom stereocenters. The van der Waals surface area contributed by atoms with Crippen molar-refractivity contribution in [2.45, 2.75) is 32.2 Å². The van der Waals surface area contributed by atoms with Crippen molar-refractivity contribution in [1.82, 2.24) is 0 Å². The first-order valence-corrected chi connectivity index (χ1v) is 7.87. The maximum absolute atomic E-state index is 5.90. The third kappa shape index (κ3) is 3.64. The molecule has 3 rings (SSSR count). The van der Waals surface area contributed by atoms with Crippen LogP contribution in [0.2, 0.25) is 0 Å². The molecule has 0 bridgehead atoms. The van der Waals surface area contributed by atoms with Crippen LogP contribution in [0, 0.1) is 5.92 Å². The monoisotopic (exact) mass is 281 g/mol. The molecular weight excluding hydrogens is 258 g/mol. The van der Waals surface area contributed by atoms with Crippen LogP contribution in [0.4, 0.5) is 0 Å². The van der Waals surface area contributed by atoms with Crippen molar-refractivity contribution < 1.29 is 4.74 Å². The Balaban J connectivity index is 1.62. The molecule has 21 heavy (non-hydrogen) atoms. The maximum atomic E-state index is 5.90. The zero-order valence-electron chi connectivity index (χ0n) is 12.4. The van der Waals surface area contributed by atoms with Crippen molar-refractivity contribution in [3.63, 3.8) is 0 Å². The summed E-state index contributed by atoms with van der Waals surface area (Å²) >= 11 is 0. The summed E-state index contributed by atoms with van der Waals surface area (Å²) in [6, 6.07) is 16.8. The summed E-state index contributed by atoms with van der Waals surface area (Å²) in [5.41, 5.74) is 9.22. The minimum atomic E-state index is 0.591. The normalized spacial score (nSPS) is 15.3. The average molecular weight is 281 g/mol. The fourth-order valence-corrected chi connectivity index (χ4v) is 2.97. The van der Waals surface area contributed by atoms with E-state index < -0.39 is 0 Å². The number of nitrogens with two attached hydrogens (primary N) is 1. The van der Waals surface area contributed by atoms with E-state index in [1.807, 2.05) is 0 Å². The quantitative estimate of drug-likeness (QED) is 0.882. The van der Waals surface area contributed by atoms with Gasteiger partial charge in [0.25, 0.3) is 0 Å². The molecule has 0 saturated heterocycles. The van der Waals surface area contributed by atoms with Crippen LogP contribution in [-0.4, -0.2) is 6.61 Å². The fraction of sp³-hybridized carbons (Fsp3) is 0.368. The van der Waals surface area contributed by atoms with Crippen molar-refractivity contribution in [3.05, 3.63) is 54.1 Å². The highest BCUT2D eigenvalue weighted by molar-refractivity contribution is 5.64. The zero-order valence-corrected chi connectivity index (χ0v) is 12.4. The fourth-order valence-electron chi connectivity index (χ4n) is 2.97. The SMILES string of the molecule is NCc1ccc(-c2ccc(OCC3CCCC3)cc2)cc1. The summed E-state index contributed by atoms with van der Waals surface area (Å²) in [4.78, 5) is 0. The Morgan fingerprint density at radius 1 is 0.857 bits per heavy atom. The Kier molecular flexibility index (Phi) is 4.56. The molecular formula is C19H23NO. The summed E-state index contributed by atoms with van der Waals surface area (Å²) < 4.78 is 5.90. The lowest BCUT2D eigenvalue weighted by Gasteiger charge is -2.11. The molecule has 2 aromatic rings. The van der Waals surface area contributed by atoms with Gasteiger partial charge in [0, 0.05) is 6.54 Å². The molecule has 2 N–H and O–H groups in total. The summed E-state index contributed by atoms with van der Waals surface area (Å²) in [6.45, 7) is 1.46. The van der Waals surface area contributed by atoms with Crippen LogP contribution in [0.25, 0.3) is 11.1 Å². The van der Waals surface area contributed by atoms with E-state index in [2.05, 4.69) is 48.5 Å². The van der Waals surface area contributed by atoms with Gasteiger partial charge in [0.05, 0.1) is 6.61 Å². The van der Waals surface area contributed by atoms with Crippen LogP contribution in [0.1, 0.15) is 31.2 Å². The van der Waals surface area contributed by atoms with E-state index in [9.17, 15) is 0 Å². The van der Waals surface area contributed by atoms with Crippen LogP contribution in [0.15, 0.2) is 48.5 Å². The van der Waals surface area contributed by atoms with Gasteiger partial charge in [-0.05, 0) is 47.6 Å². The molecule has 0 heterocycles. The first kappa shape index (κ1) is 14.2. The van der Waals surface area contributed by atoms with Crippen molar-refractivity contribution >= 4 is 0 Å². The second kappa shape index (κ2) is 6.77. The standard InChI is InChI=1S/C19H23NO/c20-13-15-5-7-17(8-6-15)18-9-11-19(12-10-18)21-14-16-3-1-2-4-16/h5-12,16H,1-4,13-14,20H2. The third-order valence-corrected chi connectivity index (χ3v) is 4.34. The van der Waals surface area contributed by atoms with Crippen LogP contribution >= 0.6 is 0 Å². The number of rotatable bonds is 5. The Morgan fingerprint density at radius 2 is 1.43 bits per heavy atom. The van der Waals surface area contributed by atoms with E-state index >= 15 is 0 Å². The molecule has 0 unspecified atom stereocenters. The predicted molar refractivity (Wildman–Crippen MR) is 87.2 cm³/mol. The minimum absolute atomic E-state index is 0.591. The van der Waals surface area contributed by atoms with E-state index in [-0.39, 0.29) is 0 Å². The van der Waals surface area contributed by atoms with Gasteiger partial charge in [-0.1, -0.05) is 49.2 Å². The van der Waals surface area contributed by atoms with Crippen LogP contribution < -0.4 is 10.5 Å². The molecule has 0 radical (unpaired) electrons. The summed E-state index contributed by atoms with van der Waals surface area (Å²) in [7, 11) is 0. The van der Waals surface area contributed by atoms with Gasteiger partial charge in [0.15, 0.2) is 0 Å². The maximum Gasteiger partial charge on any atom is 0.119 e. The highest BCUT2D eigenvalue weighted by Gasteiger charge is 2.15. The van der Waals surface area contributed by atoms with Crippen LogP contribution in [0.3, 0.4) is 0 Å². The lowest BCUT2D eigenvalue weighted by Crippen LogP contribution is -2.07. The van der Waals surface area contributed by atoms with E-state index in [4.69, 9.17) is 10.5 Å². The Hall–Kier alpha value is -1.80. The highest BCUT2D eigenvalue weighted by Crippen LogP contribution is 2.27. The molecule has 2 aromatic carbocycles. The Morgan fingerprint density at radius 3 is 2.00 bits per heavy atom. The second-order valence-electron chi connectivity index (χ2n) is 5.89.